The molecule has 0 N–H and O–H groups in total. The number of hydrogen-bond donors (Lipinski definition) is 0. The lowest BCUT2D eigenvalue weighted by Crippen LogP contribution is -2.17. The molecule has 0 aliphatic heterocycles. The molecule has 0 amide bonds. The molecule has 3 rings (SSSR count). The van der Waals surface area contributed by atoms with Crippen LogP contribution in [0, 0.1) is 0 Å². The number of esters is 1. The monoisotopic (exact) mass is 419 g/mol. The van der Waals surface area contributed by atoms with Gasteiger partial charge < -0.3 is 9.47 Å². The standard InChI is InChI=1S/C22H18F3O3S/c1-2-27-21(26)19-13-6-7-14-20(19)29(17-10-4-3-5-11-17)18-12-8-9-16(15-18)28-22(23,24)25/h3-15H,2H2,1H3/q+1. The van der Waals surface area contributed by atoms with Gasteiger partial charge in [0.25, 0.3) is 0 Å². The van der Waals surface area contributed by atoms with E-state index in [1.54, 1.807) is 37.3 Å². The van der Waals surface area contributed by atoms with Gasteiger partial charge in [0.05, 0.1) is 6.61 Å². The van der Waals surface area contributed by atoms with Gasteiger partial charge in [-0.05, 0) is 43.3 Å². The minimum Gasteiger partial charge on any atom is -0.462 e. The van der Waals surface area contributed by atoms with Crippen molar-refractivity contribution >= 4 is 16.9 Å². The van der Waals surface area contributed by atoms with E-state index in [1.807, 2.05) is 30.3 Å². The van der Waals surface area contributed by atoms with Crippen molar-refractivity contribution in [3.8, 4) is 5.75 Å². The van der Waals surface area contributed by atoms with Crippen molar-refractivity contribution < 1.29 is 27.4 Å². The molecular weight excluding hydrogens is 401 g/mol. The summed E-state index contributed by atoms with van der Waals surface area (Å²) < 4.78 is 47.3. The van der Waals surface area contributed by atoms with Gasteiger partial charge in [0.1, 0.15) is 22.2 Å². The largest absolute Gasteiger partial charge is 0.573 e. The van der Waals surface area contributed by atoms with Crippen LogP contribution in [0.5, 0.6) is 5.75 Å². The van der Waals surface area contributed by atoms with Crippen LogP contribution >= 0.6 is 0 Å². The van der Waals surface area contributed by atoms with Gasteiger partial charge in [-0.3, -0.25) is 0 Å². The van der Waals surface area contributed by atoms with Gasteiger partial charge in [-0.1, -0.05) is 36.4 Å². The van der Waals surface area contributed by atoms with Crippen molar-refractivity contribution in [3.05, 3.63) is 84.4 Å². The van der Waals surface area contributed by atoms with E-state index < -0.39 is 23.2 Å². The van der Waals surface area contributed by atoms with Crippen molar-refractivity contribution in [2.75, 3.05) is 6.61 Å². The molecule has 0 aromatic heterocycles. The molecule has 0 aliphatic carbocycles. The van der Waals surface area contributed by atoms with Crippen molar-refractivity contribution in [2.24, 2.45) is 0 Å². The number of benzene rings is 3. The Labute approximate surface area is 169 Å². The first-order valence-electron chi connectivity index (χ1n) is 8.80. The summed E-state index contributed by atoms with van der Waals surface area (Å²) in [6, 6.07) is 22.1. The van der Waals surface area contributed by atoms with E-state index in [0.29, 0.717) is 15.4 Å². The summed E-state index contributed by atoms with van der Waals surface area (Å²) in [6.45, 7) is 1.94. The Hall–Kier alpha value is -2.93. The van der Waals surface area contributed by atoms with Crippen molar-refractivity contribution in [1.29, 1.82) is 0 Å². The van der Waals surface area contributed by atoms with E-state index in [-0.39, 0.29) is 12.4 Å². The van der Waals surface area contributed by atoms with E-state index in [0.717, 1.165) is 4.90 Å². The molecule has 3 aromatic rings. The summed E-state index contributed by atoms with van der Waals surface area (Å²) in [5.74, 6) is -0.781. The quantitative estimate of drug-likeness (QED) is 0.371. The Bertz CT molecular complexity index is 974. The number of carbonyl (C=O) groups is 1. The van der Waals surface area contributed by atoms with E-state index in [1.165, 1.54) is 18.2 Å². The molecule has 0 aliphatic rings. The molecule has 0 bridgehead atoms. The fourth-order valence-electron chi connectivity index (χ4n) is 2.77. The summed E-state index contributed by atoms with van der Waals surface area (Å²) in [6.07, 6.45) is -4.78. The van der Waals surface area contributed by atoms with Gasteiger partial charge in [0.2, 0.25) is 0 Å². The SMILES string of the molecule is CCOC(=O)c1ccccc1[S+](c1ccccc1)c1cccc(OC(F)(F)F)c1. The van der Waals surface area contributed by atoms with Gasteiger partial charge in [-0.2, -0.15) is 0 Å². The second kappa shape index (κ2) is 9.05. The lowest BCUT2D eigenvalue weighted by atomic mass is 10.2. The van der Waals surface area contributed by atoms with E-state index in [4.69, 9.17) is 4.74 Å². The van der Waals surface area contributed by atoms with Crippen LogP contribution in [0.25, 0.3) is 0 Å². The number of halogens is 3. The predicted molar refractivity (Wildman–Crippen MR) is 104 cm³/mol. The maximum atomic E-state index is 12.7. The smallest absolute Gasteiger partial charge is 0.462 e. The molecule has 0 radical (unpaired) electrons. The van der Waals surface area contributed by atoms with Crippen LogP contribution < -0.4 is 4.74 Å². The fraction of sp³-hybridized carbons (Fsp3) is 0.136. The third-order valence-corrected chi connectivity index (χ3v) is 6.12. The number of alkyl halides is 3. The first-order chi connectivity index (χ1) is 13.9. The maximum absolute atomic E-state index is 12.7. The number of ether oxygens (including phenoxy) is 2. The molecular formula is C22H18F3O3S+. The number of carbonyl (C=O) groups excluding carboxylic acids is 1. The average molecular weight is 419 g/mol. The van der Waals surface area contributed by atoms with Crippen LogP contribution in [0.1, 0.15) is 17.3 Å². The number of rotatable bonds is 6. The van der Waals surface area contributed by atoms with Crippen LogP contribution in [-0.4, -0.2) is 18.9 Å². The molecule has 29 heavy (non-hydrogen) atoms. The first-order valence-corrected chi connectivity index (χ1v) is 10.0. The predicted octanol–water partition coefficient (Wildman–Crippen LogP) is 5.86. The van der Waals surface area contributed by atoms with Gasteiger partial charge in [-0.15, -0.1) is 13.2 Å². The normalized spacial score (nSPS) is 12.3. The highest BCUT2D eigenvalue weighted by Crippen LogP contribution is 2.35. The summed E-state index contributed by atoms with van der Waals surface area (Å²) in [5, 5.41) is 0. The van der Waals surface area contributed by atoms with E-state index in [2.05, 4.69) is 4.74 Å². The fourth-order valence-corrected chi connectivity index (χ4v) is 5.01. The molecule has 7 heteroatoms. The Kier molecular flexibility index (Phi) is 6.49. The highest BCUT2D eigenvalue weighted by Gasteiger charge is 2.35. The van der Waals surface area contributed by atoms with E-state index in [9.17, 15) is 18.0 Å². The van der Waals surface area contributed by atoms with Gasteiger partial charge in [0, 0.05) is 6.07 Å². The van der Waals surface area contributed by atoms with Crippen LogP contribution in [0.2, 0.25) is 0 Å². The summed E-state index contributed by atoms with van der Waals surface area (Å²) in [5.41, 5.74) is 0.378. The molecule has 150 valence electrons. The molecule has 1 unspecified atom stereocenters. The zero-order valence-corrected chi connectivity index (χ0v) is 16.3. The third-order valence-electron chi connectivity index (χ3n) is 3.86. The van der Waals surface area contributed by atoms with Gasteiger partial charge >= 0.3 is 12.3 Å². The van der Waals surface area contributed by atoms with Gasteiger partial charge in [0.15, 0.2) is 14.7 Å². The Morgan fingerprint density at radius 2 is 1.55 bits per heavy atom. The molecule has 1 atom stereocenters. The Balaban J connectivity index is 2.14. The molecule has 0 fully saturated rings. The van der Waals surface area contributed by atoms with Crippen molar-refractivity contribution in [3.63, 3.8) is 0 Å². The molecule has 0 spiro atoms. The lowest BCUT2D eigenvalue weighted by Gasteiger charge is -2.13. The van der Waals surface area contributed by atoms with Crippen molar-refractivity contribution in [2.45, 2.75) is 28.0 Å². The maximum Gasteiger partial charge on any atom is 0.573 e. The topological polar surface area (TPSA) is 35.5 Å². The molecule has 0 saturated heterocycles. The highest BCUT2D eigenvalue weighted by molar-refractivity contribution is 7.97. The average Bonchev–Trinajstić information content (AvgIpc) is 2.69. The molecule has 0 heterocycles. The molecule has 3 aromatic carbocycles. The van der Waals surface area contributed by atoms with E-state index >= 15 is 0 Å². The first kappa shape index (κ1) is 20.8. The Morgan fingerprint density at radius 1 is 0.897 bits per heavy atom. The second-order valence-electron chi connectivity index (χ2n) is 5.86. The molecule has 3 nitrogen and oxygen atoms in total. The number of hydrogen-bond acceptors (Lipinski definition) is 3. The third kappa shape index (κ3) is 5.32. The second-order valence-corrected chi connectivity index (χ2v) is 7.85. The van der Waals surface area contributed by atoms with Crippen LogP contribution in [-0.2, 0) is 15.6 Å². The minimum atomic E-state index is -4.78. The Morgan fingerprint density at radius 3 is 2.24 bits per heavy atom. The molecule has 0 saturated carbocycles. The highest BCUT2D eigenvalue weighted by atomic mass is 32.2. The summed E-state index contributed by atoms with van der Waals surface area (Å²) in [4.78, 5) is 14.6. The van der Waals surface area contributed by atoms with Crippen LogP contribution in [0.3, 0.4) is 0 Å². The minimum absolute atomic E-state index is 0.223. The zero-order valence-electron chi connectivity index (χ0n) is 15.5. The van der Waals surface area contributed by atoms with Gasteiger partial charge in [-0.25, -0.2) is 4.79 Å². The summed E-state index contributed by atoms with van der Waals surface area (Å²) in [7, 11) is -0.837. The van der Waals surface area contributed by atoms with Crippen LogP contribution in [0.15, 0.2) is 93.5 Å². The lowest BCUT2D eigenvalue weighted by molar-refractivity contribution is -0.274. The summed E-state index contributed by atoms with van der Waals surface area (Å²) >= 11 is 0. The van der Waals surface area contributed by atoms with Crippen molar-refractivity contribution in [1.82, 2.24) is 0 Å². The zero-order chi connectivity index (χ0) is 20.9. The van der Waals surface area contributed by atoms with Crippen LogP contribution in [0.4, 0.5) is 13.2 Å².